The monoisotopic (exact) mass is 817 g/mol. The lowest BCUT2D eigenvalue weighted by Gasteiger charge is -2.10. The normalized spacial score (nSPS) is 10.8. The Morgan fingerprint density at radius 3 is 0.845 bits per heavy atom. The average molecular weight is 817 g/mol. The summed E-state index contributed by atoms with van der Waals surface area (Å²) in [6, 6.07) is 6.79. The van der Waals surface area contributed by atoms with E-state index in [9.17, 15) is 19.2 Å². The van der Waals surface area contributed by atoms with Crippen molar-refractivity contribution in [2.24, 2.45) is 0 Å². The van der Waals surface area contributed by atoms with Crippen molar-refractivity contribution >= 4 is 23.9 Å². The van der Waals surface area contributed by atoms with Crippen LogP contribution >= 0.6 is 0 Å². The van der Waals surface area contributed by atoms with Gasteiger partial charge in [0, 0.05) is 12.8 Å². The Morgan fingerprint density at radius 1 is 0.328 bits per heavy atom. The molecule has 0 aliphatic rings. The highest BCUT2D eigenvalue weighted by atomic mass is 16.5. The Labute approximate surface area is 356 Å². The molecule has 0 radical (unpaired) electrons. The predicted octanol–water partition coefficient (Wildman–Crippen LogP) is 14.6. The molecule has 1 rings (SSSR count). The van der Waals surface area contributed by atoms with Crippen LogP contribution in [0, 0.1) is 0 Å². The summed E-state index contributed by atoms with van der Waals surface area (Å²) in [7, 11) is 0. The summed E-state index contributed by atoms with van der Waals surface area (Å²) in [6.45, 7) is 10.7. The fourth-order valence-corrected chi connectivity index (χ4v) is 6.62. The van der Waals surface area contributed by atoms with Gasteiger partial charge in [0.2, 0.25) is 0 Å². The summed E-state index contributed by atoms with van der Waals surface area (Å²) in [5, 5.41) is 0. The zero-order valence-corrected chi connectivity index (χ0v) is 38.0. The first kappa shape index (κ1) is 55.1. The van der Waals surface area contributed by atoms with E-state index in [2.05, 4.69) is 27.7 Å². The first-order chi connectivity index (χ1) is 28.4. The van der Waals surface area contributed by atoms with Gasteiger partial charge in [0.1, 0.15) is 0 Å². The highest BCUT2D eigenvalue weighted by Crippen LogP contribution is 2.15. The van der Waals surface area contributed by atoms with E-state index in [1.165, 1.54) is 128 Å². The lowest BCUT2D eigenvalue weighted by Crippen LogP contribution is -2.15. The second-order valence-electron chi connectivity index (χ2n) is 16.0. The molecule has 0 bridgehead atoms. The maximum Gasteiger partial charge on any atom is 0.339 e. The van der Waals surface area contributed by atoms with E-state index in [1.54, 1.807) is 24.3 Å². The minimum absolute atomic E-state index is 0.140. The Hall–Kier alpha value is -2.90. The quantitative estimate of drug-likeness (QED) is 0.0367. The molecule has 0 spiro atoms. The molecule has 0 aliphatic carbocycles. The van der Waals surface area contributed by atoms with E-state index in [0.717, 1.165) is 51.4 Å². The molecule has 336 valence electrons. The van der Waals surface area contributed by atoms with Crippen molar-refractivity contribution in [3.8, 4) is 0 Å². The molecular formula is C50H88O8. The van der Waals surface area contributed by atoms with Crippen LogP contribution < -0.4 is 0 Å². The van der Waals surface area contributed by atoms with Crippen LogP contribution in [-0.4, -0.2) is 50.3 Å². The summed E-state index contributed by atoms with van der Waals surface area (Å²) in [5.41, 5.74) is 0.598. The van der Waals surface area contributed by atoms with E-state index in [4.69, 9.17) is 18.9 Å². The number of esters is 4. The summed E-state index contributed by atoms with van der Waals surface area (Å²) in [5.74, 6) is -1.15. The molecule has 0 aromatic heterocycles. The van der Waals surface area contributed by atoms with E-state index >= 15 is 0 Å². The molecule has 1 aromatic carbocycles. The van der Waals surface area contributed by atoms with E-state index < -0.39 is 11.9 Å². The molecule has 0 saturated carbocycles. The molecule has 0 atom stereocenters. The SMILES string of the molecule is CCCCCCCCCCOC(=O)c1ccccc1C(=O)OCCCCCCCCCC.CCCCCCCCOC(=O)CCCCC(=O)OCCCCCCCC. The third kappa shape index (κ3) is 36.2. The summed E-state index contributed by atoms with van der Waals surface area (Å²) >= 11 is 0. The Morgan fingerprint density at radius 2 is 0.569 bits per heavy atom. The third-order valence-corrected chi connectivity index (χ3v) is 10.4. The van der Waals surface area contributed by atoms with Gasteiger partial charge in [-0.2, -0.15) is 0 Å². The van der Waals surface area contributed by atoms with Crippen LogP contribution in [0.1, 0.15) is 254 Å². The second-order valence-corrected chi connectivity index (χ2v) is 16.0. The molecule has 0 heterocycles. The van der Waals surface area contributed by atoms with Gasteiger partial charge >= 0.3 is 23.9 Å². The predicted molar refractivity (Wildman–Crippen MR) is 239 cm³/mol. The van der Waals surface area contributed by atoms with Crippen molar-refractivity contribution in [2.75, 3.05) is 26.4 Å². The third-order valence-electron chi connectivity index (χ3n) is 10.4. The van der Waals surface area contributed by atoms with Crippen molar-refractivity contribution in [3.05, 3.63) is 35.4 Å². The van der Waals surface area contributed by atoms with Crippen molar-refractivity contribution in [2.45, 2.75) is 233 Å². The average Bonchev–Trinajstić information content (AvgIpc) is 3.23. The second kappa shape index (κ2) is 43.7. The fraction of sp³-hybridized carbons (Fsp3) is 0.800. The lowest BCUT2D eigenvalue weighted by atomic mass is 10.1. The van der Waals surface area contributed by atoms with E-state index in [0.29, 0.717) is 63.2 Å². The Kier molecular flexibility index (Phi) is 41.5. The first-order valence-electron chi connectivity index (χ1n) is 24.2. The Bertz CT molecular complexity index is 1020. The van der Waals surface area contributed by atoms with Crippen LogP contribution in [-0.2, 0) is 28.5 Å². The highest BCUT2D eigenvalue weighted by Gasteiger charge is 2.19. The number of benzene rings is 1. The Balaban J connectivity index is 0.00000115. The van der Waals surface area contributed by atoms with Crippen LogP contribution in [0.4, 0.5) is 0 Å². The van der Waals surface area contributed by atoms with Crippen molar-refractivity contribution < 1.29 is 38.1 Å². The van der Waals surface area contributed by atoms with Gasteiger partial charge in [-0.1, -0.05) is 194 Å². The van der Waals surface area contributed by atoms with Gasteiger partial charge < -0.3 is 18.9 Å². The molecule has 8 heteroatoms. The van der Waals surface area contributed by atoms with E-state index in [1.807, 2.05) is 0 Å². The molecule has 0 N–H and O–H groups in total. The smallest absolute Gasteiger partial charge is 0.339 e. The van der Waals surface area contributed by atoms with Crippen molar-refractivity contribution in [3.63, 3.8) is 0 Å². The fourth-order valence-electron chi connectivity index (χ4n) is 6.62. The summed E-state index contributed by atoms with van der Waals surface area (Å²) in [6.07, 6.45) is 35.6. The largest absolute Gasteiger partial charge is 0.466 e. The van der Waals surface area contributed by atoms with Gasteiger partial charge in [-0.25, -0.2) is 9.59 Å². The van der Waals surface area contributed by atoms with Crippen LogP contribution in [0.15, 0.2) is 24.3 Å². The molecule has 0 saturated heterocycles. The molecular weight excluding hydrogens is 729 g/mol. The molecule has 0 fully saturated rings. The van der Waals surface area contributed by atoms with Crippen LogP contribution in [0.25, 0.3) is 0 Å². The van der Waals surface area contributed by atoms with Crippen LogP contribution in [0.5, 0.6) is 0 Å². The van der Waals surface area contributed by atoms with Gasteiger partial charge in [-0.15, -0.1) is 0 Å². The zero-order valence-electron chi connectivity index (χ0n) is 38.0. The minimum atomic E-state index is -0.437. The van der Waals surface area contributed by atoms with Gasteiger partial charge in [0.15, 0.2) is 0 Å². The highest BCUT2D eigenvalue weighted by molar-refractivity contribution is 6.03. The number of ether oxygens (including phenoxy) is 4. The van der Waals surface area contributed by atoms with Crippen molar-refractivity contribution in [1.82, 2.24) is 0 Å². The van der Waals surface area contributed by atoms with E-state index in [-0.39, 0.29) is 11.9 Å². The molecule has 0 amide bonds. The van der Waals surface area contributed by atoms with Gasteiger partial charge in [-0.3, -0.25) is 9.59 Å². The first-order valence-corrected chi connectivity index (χ1v) is 24.2. The van der Waals surface area contributed by atoms with Crippen LogP contribution in [0.3, 0.4) is 0 Å². The molecule has 0 aliphatic heterocycles. The van der Waals surface area contributed by atoms with Gasteiger partial charge in [0.25, 0.3) is 0 Å². The summed E-state index contributed by atoms with van der Waals surface area (Å²) in [4.78, 5) is 48.1. The molecule has 0 unspecified atom stereocenters. The number of rotatable bonds is 39. The maximum atomic E-state index is 12.5. The molecule has 1 aromatic rings. The molecule has 58 heavy (non-hydrogen) atoms. The number of carbonyl (C=O) groups excluding carboxylic acids is 4. The topological polar surface area (TPSA) is 105 Å². The summed E-state index contributed by atoms with van der Waals surface area (Å²) < 4.78 is 21.3. The van der Waals surface area contributed by atoms with Crippen molar-refractivity contribution in [1.29, 1.82) is 0 Å². The number of hydrogen-bond acceptors (Lipinski definition) is 8. The van der Waals surface area contributed by atoms with Crippen LogP contribution in [0.2, 0.25) is 0 Å². The minimum Gasteiger partial charge on any atom is -0.466 e. The lowest BCUT2D eigenvalue weighted by molar-refractivity contribution is -0.146. The maximum absolute atomic E-state index is 12.5. The number of hydrogen-bond donors (Lipinski definition) is 0. The number of carbonyl (C=O) groups is 4. The number of unbranched alkanes of at least 4 members (excludes halogenated alkanes) is 25. The zero-order chi connectivity index (χ0) is 42.6. The van der Waals surface area contributed by atoms with Gasteiger partial charge in [0.05, 0.1) is 37.6 Å². The standard InChI is InChI=1S/C28H46O4.C22H42O4/c1-3-5-7-9-11-13-15-19-23-31-27(29)25-21-17-18-22-26(25)28(30)32-24-20-16-14-12-10-8-6-4-2;1-3-5-7-9-11-15-19-25-21(23)17-13-14-18-22(24)26-20-16-12-10-8-6-4-2/h17-18,21-22H,3-16,19-20,23-24H2,1-2H3;3-20H2,1-2H3. The van der Waals surface area contributed by atoms with Gasteiger partial charge in [-0.05, 0) is 50.7 Å². The molecule has 8 nitrogen and oxygen atoms in total.